The van der Waals surface area contributed by atoms with Crippen LogP contribution in [-0.4, -0.2) is 37.8 Å². The highest BCUT2D eigenvalue weighted by atomic mass is 16.2. The maximum absolute atomic E-state index is 13.3. The van der Waals surface area contributed by atoms with E-state index in [0.717, 1.165) is 29.4 Å². The van der Waals surface area contributed by atoms with Crippen molar-refractivity contribution < 1.29 is 9.59 Å². The van der Waals surface area contributed by atoms with Crippen LogP contribution in [0, 0.1) is 0 Å². The van der Waals surface area contributed by atoms with Crippen LogP contribution < -0.4 is 5.32 Å². The Labute approximate surface area is 163 Å². The Bertz CT molecular complexity index is 1070. The number of rotatable bonds is 4. The molecule has 1 atom stereocenters. The Morgan fingerprint density at radius 1 is 1.14 bits per heavy atom. The summed E-state index contributed by atoms with van der Waals surface area (Å²) in [6, 6.07) is 17.6. The molecular weight excluding hydrogens is 352 g/mol. The average Bonchev–Trinajstić information content (AvgIpc) is 3.47. The van der Waals surface area contributed by atoms with Crippen molar-refractivity contribution in [1.29, 1.82) is 0 Å². The molecule has 1 aliphatic carbocycles. The van der Waals surface area contributed by atoms with Crippen LogP contribution in [0.15, 0.2) is 54.6 Å². The summed E-state index contributed by atoms with van der Waals surface area (Å²) in [5.74, 6) is 0.156. The summed E-state index contributed by atoms with van der Waals surface area (Å²) in [5.41, 5.74) is 1.77. The number of carbonyl (C=O) groups excluding carboxylic acids is 2. The van der Waals surface area contributed by atoms with Crippen molar-refractivity contribution >= 4 is 22.8 Å². The molecule has 3 aromatic rings. The van der Waals surface area contributed by atoms with Gasteiger partial charge in [0.2, 0.25) is 5.91 Å². The highest BCUT2D eigenvalue weighted by Crippen LogP contribution is 2.39. The van der Waals surface area contributed by atoms with Crippen LogP contribution in [0.2, 0.25) is 0 Å². The van der Waals surface area contributed by atoms with Crippen molar-refractivity contribution in [3.8, 4) is 0 Å². The molecule has 5 rings (SSSR count). The van der Waals surface area contributed by atoms with Gasteiger partial charge in [-0.25, -0.2) is 4.98 Å². The first kappa shape index (κ1) is 17.0. The summed E-state index contributed by atoms with van der Waals surface area (Å²) >= 11 is 0. The topological polar surface area (TPSA) is 67.2 Å². The predicted octanol–water partition coefficient (Wildman–Crippen LogP) is 2.73. The van der Waals surface area contributed by atoms with Crippen LogP contribution in [0.5, 0.6) is 0 Å². The van der Waals surface area contributed by atoms with E-state index in [1.54, 1.807) is 4.90 Å². The monoisotopic (exact) mass is 374 g/mol. The second-order valence-electron chi connectivity index (χ2n) is 7.86. The van der Waals surface area contributed by atoms with Gasteiger partial charge in [0.1, 0.15) is 5.54 Å². The van der Waals surface area contributed by atoms with E-state index in [-0.39, 0.29) is 17.9 Å². The standard InChI is InChI=1S/C22H22N4O2/c1-22(21(28)23-13-15-7-3-2-4-8-15)14-25-18-10-6-5-9-17(18)24-19(25)20(27)26(22)16-11-12-16/h2-10,16H,11-14H2,1H3,(H,23,28)/t22-/m1/s1. The molecule has 1 saturated carbocycles. The predicted molar refractivity (Wildman–Crippen MR) is 106 cm³/mol. The van der Waals surface area contributed by atoms with Crippen molar-refractivity contribution in [2.24, 2.45) is 0 Å². The fourth-order valence-electron chi connectivity index (χ4n) is 4.17. The lowest BCUT2D eigenvalue weighted by atomic mass is 9.94. The number of para-hydroxylation sites is 2. The van der Waals surface area contributed by atoms with Crippen LogP contribution in [0.1, 0.15) is 35.9 Å². The quantitative estimate of drug-likeness (QED) is 0.764. The first-order valence-electron chi connectivity index (χ1n) is 9.69. The Hall–Kier alpha value is -3.15. The molecule has 0 radical (unpaired) electrons. The van der Waals surface area contributed by atoms with E-state index >= 15 is 0 Å². The maximum atomic E-state index is 13.3. The Balaban J connectivity index is 1.51. The highest BCUT2D eigenvalue weighted by molar-refractivity contribution is 6.01. The van der Waals surface area contributed by atoms with Crippen LogP contribution >= 0.6 is 0 Å². The first-order valence-corrected chi connectivity index (χ1v) is 9.69. The Morgan fingerprint density at radius 2 is 1.86 bits per heavy atom. The minimum atomic E-state index is -0.941. The molecule has 0 saturated heterocycles. The fourth-order valence-corrected chi connectivity index (χ4v) is 4.17. The summed E-state index contributed by atoms with van der Waals surface area (Å²) in [6.45, 7) is 2.73. The van der Waals surface area contributed by atoms with Crippen molar-refractivity contribution in [2.75, 3.05) is 0 Å². The normalized spacial score (nSPS) is 21.6. The van der Waals surface area contributed by atoms with Crippen LogP contribution in [0.25, 0.3) is 11.0 Å². The summed E-state index contributed by atoms with van der Waals surface area (Å²) < 4.78 is 1.90. The van der Waals surface area contributed by atoms with Crippen LogP contribution in [0.4, 0.5) is 0 Å². The average molecular weight is 374 g/mol. The van der Waals surface area contributed by atoms with Crippen molar-refractivity contribution in [1.82, 2.24) is 19.8 Å². The molecule has 0 unspecified atom stereocenters. The second kappa shape index (κ2) is 6.19. The van der Waals surface area contributed by atoms with Gasteiger partial charge in [-0.15, -0.1) is 0 Å². The van der Waals surface area contributed by atoms with Gasteiger partial charge in [0.25, 0.3) is 5.91 Å². The minimum Gasteiger partial charge on any atom is -0.350 e. The van der Waals surface area contributed by atoms with Crippen molar-refractivity contribution in [3.05, 3.63) is 66.0 Å². The van der Waals surface area contributed by atoms with Crippen molar-refractivity contribution in [3.63, 3.8) is 0 Å². The maximum Gasteiger partial charge on any atom is 0.291 e. The molecule has 6 nitrogen and oxygen atoms in total. The molecule has 0 spiro atoms. The number of aromatic nitrogens is 2. The molecule has 1 aliphatic heterocycles. The van der Waals surface area contributed by atoms with Gasteiger partial charge in [-0.3, -0.25) is 9.59 Å². The van der Waals surface area contributed by atoms with Crippen molar-refractivity contribution in [2.45, 2.75) is 44.4 Å². The molecule has 142 valence electrons. The van der Waals surface area contributed by atoms with E-state index in [1.165, 1.54) is 0 Å². The van der Waals surface area contributed by atoms with Crippen LogP contribution in [-0.2, 0) is 17.9 Å². The molecule has 1 aromatic heterocycles. The molecule has 2 aromatic carbocycles. The van der Waals surface area contributed by atoms with Crippen LogP contribution in [0.3, 0.4) is 0 Å². The summed E-state index contributed by atoms with van der Waals surface area (Å²) in [5, 5.41) is 3.05. The summed E-state index contributed by atoms with van der Waals surface area (Å²) in [4.78, 5) is 33.0. The lowest BCUT2D eigenvalue weighted by molar-refractivity contribution is -0.133. The zero-order valence-electron chi connectivity index (χ0n) is 15.8. The minimum absolute atomic E-state index is 0.119. The Kier molecular flexibility index (Phi) is 3.75. The smallest absolute Gasteiger partial charge is 0.291 e. The molecular formula is C22H22N4O2. The van der Waals surface area contributed by atoms with E-state index in [4.69, 9.17) is 0 Å². The van der Waals surface area contributed by atoms with Gasteiger partial charge in [0.15, 0.2) is 5.82 Å². The third-order valence-electron chi connectivity index (χ3n) is 5.76. The number of hydrogen-bond donors (Lipinski definition) is 1. The van der Waals surface area contributed by atoms with Gasteiger partial charge in [-0.05, 0) is 37.5 Å². The van der Waals surface area contributed by atoms with Gasteiger partial charge in [-0.2, -0.15) is 0 Å². The SMILES string of the molecule is C[C@]1(C(=O)NCc2ccccc2)Cn2c(nc3ccccc32)C(=O)N1C1CC1. The third kappa shape index (κ3) is 2.59. The zero-order valence-corrected chi connectivity index (χ0v) is 15.8. The molecule has 28 heavy (non-hydrogen) atoms. The number of imidazole rings is 1. The van der Waals surface area contributed by atoms with E-state index in [0.29, 0.717) is 18.9 Å². The van der Waals surface area contributed by atoms with Gasteiger partial charge in [0, 0.05) is 12.6 Å². The zero-order chi connectivity index (χ0) is 19.3. The highest BCUT2D eigenvalue weighted by Gasteiger charge is 2.53. The number of fused-ring (bicyclic) bond motifs is 3. The molecule has 1 N–H and O–H groups in total. The van der Waals surface area contributed by atoms with E-state index in [1.807, 2.05) is 66.1 Å². The number of nitrogens with zero attached hydrogens (tertiary/aromatic N) is 3. The van der Waals surface area contributed by atoms with Gasteiger partial charge >= 0.3 is 0 Å². The summed E-state index contributed by atoms with van der Waals surface area (Å²) in [6.07, 6.45) is 1.88. The number of benzene rings is 2. The molecule has 6 heteroatoms. The molecule has 1 fully saturated rings. The first-order chi connectivity index (χ1) is 13.6. The molecule has 2 amide bonds. The number of nitrogens with one attached hydrogen (secondary N) is 1. The number of amides is 2. The summed E-state index contributed by atoms with van der Waals surface area (Å²) in [7, 11) is 0. The van der Waals surface area contributed by atoms with Gasteiger partial charge in [-0.1, -0.05) is 42.5 Å². The lowest BCUT2D eigenvalue weighted by Crippen LogP contribution is -2.64. The van der Waals surface area contributed by atoms with E-state index < -0.39 is 5.54 Å². The molecule has 0 bridgehead atoms. The Morgan fingerprint density at radius 3 is 2.61 bits per heavy atom. The van der Waals surface area contributed by atoms with Gasteiger partial charge < -0.3 is 14.8 Å². The lowest BCUT2D eigenvalue weighted by Gasteiger charge is -2.43. The van der Waals surface area contributed by atoms with Gasteiger partial charge in [0.05, 0.1) is 17.6 Å². The molecule has 2 aliphatic rings. The second-order valence-corrected chi connectivity index (χ2v) is 7.86. The fraction of sp³-hybridized carbons (Fsp3) is 0.318. The van der Waals surface area contributed by atoms with E-state index in [2.05, 4.69) is 10.3 Å². The number of hydrogen-bond acceptors (Lipinski definition) is 3. The van der Waals surface area contributed by atoms with E-state index in [9.17, 15) is 9.59 Å². The molecule has 2 heterocycles. The third-order valence-corrected chi connectivity index (χ3v) is 5.76. The number of carbonyl (C=O) groups is 2. The largest absolute Gasteiger partial charge is 0.350 e.